The number of hydrogen-bond donors (Lipinski definition) is 1. The summed E-state index contributed by atoms with van der Waals surface area (Å²) in [5.41, 5.74) is 0. The standard InChI is InChI=1S/C8H17NO/c1-4-8(10-5-2)6-7-9-3/h4,9H,5-7H2,1-3H3/b8-4-. The third-order valence-corrected chi connectivity index (χ3v) is 1.27. The zero-order valence-electron chi connectivity index (χ0n) is 7.11. The van der Waals surface area contributed by atoms with Gasteiger partial charge in [0.15, 0.2) is 0 Å². The molecule has 0 radical (unpaired) electrons. The minimum Gasteiger partial charge on any atom is -0.499 e. The fraction of sp³-hybridized carbons (Fsp3) is 0.750. The molecule has 0 aromatic heterocycles. The monoisotopic (exact) mass is 143 g/mol. The molecule has 0 atom stereocenters. The molecule has 0 aliphatic carbocycles. The number of hydrogen-bond acceptors (Lipinski definition) is 2. The first-order valence-electron chi connectivity index (χ1n) is 3.77. The fourth-order valence-corrected chi connectivity index (χ4v) is 0.733. The van der Waals surface area contributed by atoms with Gasteiger partial charge in [-0.25, -0.2) is 0 Å². The van der Waals surface area contributed by atoms with Crippen LogP contribution < -0.4 is 5.32 Å². The zero-order chi connectivity index (χ0) is 7.82. The van der Waals surface area contributed by atoms with Gasteiger partial charge < -0.3 is 10.1 Å². The highest BCUT2D eigenvalue weighted by molar-refractivity contribution is 4.90. The van der Waals surface area contributed by atoms with Gasteiger partial charge in [-0.2, -0.15) is 0 Å². The van der Waals surface area contributed by atoms with E-state index in [9.17, 15) is 0 Å². The number of allylic oxidation sites excluding steroid dienone is 1. The van der Waals surface area contributed by atoms with Crippen LogP contribution in [0.2, 0.25) is 0 Å². The summed E-state index contributed by atoms with van der Waals surface area (Å²) >= 11 is 0. The summed E-state index contributed by atoms with van der Waals surface area (Å²) in [6.07, 6.45) is 3.00. The fourth-order valence-electron chi connectivity index (χ4n) is 0.733. The molecule has 0 saturated carbocycles. The summed E-state index contributed by atoms with van der Waals surface area (Å²) in [7, 11) is 1.94. The molecule has 0 bridgehead atoms. The maximum atomic E-state index is 5.31. The largest absolute Gasteiger partial charge is 0.499 e. The zero-order valence-corrected chi connectivity index (χ0v) is 7.11. The van der Waals surface area contributed by atoms with E-state index in [1.807, 2.05) is 27.0 Å². The van der Waals surface area contributed by atoms with Crippen LogP contribution in [0.5, 0.6) is 0 Å². The first-order chi connectivity index (χ1) is 4.85. The van der Waals surface area contributed by atoms with Crippen molar-refractivity contribution in [2.75, 3.05) is 20.2 Å². The highest BCUT2D eigenvalue weighted by atomic mass is 16.5. The number of ether oxygens (including phenoxy) is 1. The maximum Gasteiger partial charge on any atom is 0.0929 e. The van der Waals surface area contributed by atoms with Crippen molar-refractivity contribution in [3.63, 3.8) is 0 Å². The molecule has 0 aliphatic rings. The molecule has 2 nitrogen and oxygen atoms in total. The summed E-state index contributed by atoms with van der Waals surface area (Å²) in [4.78, 5) is 0. The Morgan fingerprint density at radius 3 is 2.70 bits per heavy atom. The molecule has 10 heavy (non-hydrogen) atoms. The van der Waals surface area contributed by atoms with Crippen LogP contribution in [-0.2, 0) is 4.74 Å². The van der Waals surface area contributed by atoms with Crippen LogP contribution in [0.3, 0.4) is 0 Å². The van der Waals surface area contributed by atoms with Gasteiger partial charge in [0.1, 0.15) is 0 Å². The van der Waals surface area contributed by atoms with Crippen molar-refractivity contribution >= 4 is 0 Å². The molecule has 0 amide bonds. The van der Waals surface area contributed by atoms with Crippen molar-refractivity contribution in [2.24, 2.45) is 0 Å². The Hall–Kier alpha value is -0.500. The van der Waals surface area contributed by atoms with Crippen molar-refractivity contribution < 1.29 is 4.74 Å². The second-order valence-corrected chi connectivity index (χ2v) is 2.04. The number of nitrogens with one attached hydrogen (secondary N) is 1. The third-order valence-electron chi connectivity index (χ3n) is 1.27. The SMILES string of the molecule is C/C=C(/CCNC)OCC. The summed E-state index contributed by atoms with van der Waals surface area (Å²) in [6, 6.07) is 0. The average Bonchev–Trinajstić information content (AvgIpc) is 1.98. The second-order valence-electron chi connectivity index (χ2n) is 2.04. The highest BCUT2D eigenvalue weighted by Gasteiger charge is 1.92. The van der Waals surface area contributed by atoms with Crippen molar-refractivity contribution in [3.8, 4) is 0 Å². The lowest BCUT2D eigenvalue weighted by Gasteiger charge is -2.06. The number of rotatable bonds is 5. The predicted octanol–water partition coefficient (Wildman–Crippen LogP) is 1.54. The van der Waals surface area contributed by atoms with E-state index < -0.39 is 0 Å². The average molecular weight is 143 g/mol. The summed E-state index contributed by atoms with van der Waals surface area (Å²) in [6.45, 7) is 5.76. The first kappa shape index (κ1) is 9.50. The molecule has 0 aromatic rings. The molecule has 2 heteroatoms. The van der Waals surface area contributed by atoms with Crippen LogP contribution in [0.4, 0.5) is 0 Å². The molecule has 60 valence electrons. The first-order valence-corrected chi connectivity index (χ1v) is 3.77. The minimum absolute atomic E-state index is 0.767. The molecule has 0 aliphatic heterocycles. The van der Waals surface area contributed by atoms with Crippen molar-refractivity contribution in [1.82, 2.24) is 5.32 Å². The lowest BCUT2D eigenvalue weighted by atomic mass is 10.3. The lowest BCUT2D eigenvalue weighted by Crippen LogP contribution is -2.09. The molecule has 0 unspecified atom stereocenters. The molecular formula is C8H17NO. The van der Waals surface area contributed by atoms with E-state index in [1.54, 1.807) is 0 Å². The Labute approximate surface area is 63.3 Å². The van der Waals surface area contributed by atoms with Crippen molar-refractivity contribution in [1.29, 1.82) is 0 Å². The van der Waals surface area contributed by atoms with E-state index in [-0.39, 0.29) is 0 Å². The van der Waals surface area contributed by atoms with Gasteiger partial charge in [0.05, 0.1) is 12.4 Å². The molecule has 1 N–H and O–H groups in total. The van der Waals surface area contributed by atoms with Gasteiger partial charge in [0.2, 0.25) is 0 Å². The summed E-state index contributed by atoms with van der Waals surface area (Å²) in [5.74, 6) is 1.08. The molecule has 0 spiro atoms. The highest BCUT2D eigenvalue weighted by Crippen LogP contribution is 2.00. The van der Waals surface area contributed by atoms with E-state index in [0.29, 0.717) is 0 Å². The second kappa shape index (κ2) is 6.62. The Morgan fingerprint density at radius 1 is 1.60 bits per heavy atom. The smallest absolute Gasteiger partial charge is 0.0929 e. The summed E-state index contributed by atoms with van der Waals surface area (Å²) in [5, 5.41) is 3.07. The van der Waals surface area contributed by atoms with E-state index in [1.165, 1.54) is 0 Å². The molecular weight excluding hydrogens is 126 g/mol. The Bertz CT molecular complexity index is 99.4. The normalized spacial score (nSPS) is 11.7. The maximum absolute atomic E-state index is 5.31. The van der Waals surface area contributed by atoms with Gasteiger partial charge in [0.25, 0.3) is 0 Å². The molecule has 0 rings (SSSR count). The van der Waals surface area contributed by atoms with Gasteiger partial charge >= 0.3 is 0 Å². The van der Waals surface area contributed by atoms with Gasteiger partial charge in [-0.3, -0.25) is 0 Å². The van der Waals surface area contributed by atoms with Crippen LogP contribution in [0.25, 0.3) is 0 Å². The molecule has 0 aromatic carbocycles. The van der Waals surface area contributed by atoms with Gasteiger partial charge in [-0.15, -0.1) is 0 Å². The van der Waals surface area contributed by atoms with Gasteiger partial charge in [0, 0.05) is 13.0 Å². The van der Waals surface area contributed by atoms with E-state index >= 15 is 0 Å². The minimum atomic E-state index is 0.767. The van der Waals surface area contributed by atoms with Gasteiger partial charge in [-0.05, 0) is 27.0 Å². The third kappa shape index (κ3) is 4.39. The van der Waals surface area contributed by atoms with Crippen LogP contribution >= 0.6 is 0 Å². The topological polar surface area (TPSA) is 21.3 Å². The van der Waals surface area contributed by atoms with E-state index in [0.717, 1.165) is 25.3 Å². The summed E-state index contributed by atoms with van der Waals surface area (Å²) < 4.78 is 5.31. The lowest BCUT2D eigenvalue weighted by molar-refractivity contribution is 0.218. The quantitative estimate of drug-likeness (QED) is 0.589. The van der Waals surface area contributed by atoms with Crippen LogP contribution in [0.15, 0.2) is 11.8 Å². The van der Waals surface area contributed by atoms with E-state index in [4.69, 9.17) is 4.74 Å². The van der Waals surface area contributed by atoms with Crippen LogP contribution in [0, 0.1) is 0 Å². The van der Waals surface area contributed by atoms with Crippen LogP contribution in [0.1, 0.15) is 20.3 Å². The van der Waals surface area contributed by atoms with Crippen molar-refractivity contribution in [2.45, 2.75) is 20.3 Å². The Morgan fingerprint density at radius 2 is 2.30 bits per heavy atom. The Kier molecular flexibility index (Phi) is 6.29. The predicted molar refractivity (Wildman–Crippen MR) is 43.9 cm³/mol. The molecule has 0 saturated heterocycles. The van der Waals surface area contributed by atoms with Crippen molar-refractivity contribution in [3.05, 3.63) is 11.8 Å². The Balaban J connectivity index is 3.41. The van der Waals surface area contributed by atoms with Crippen LogP contribution in [-0.4, -0.2) is 20.2 Å². The molecule has 0 heterocycles. The molecule has 0 fully saturated rings. The van der Waals surface area contributed by atoms with Gasteiger partial charge in [-0.1, -0.05) is 0 Å². The van der Waals surface area contributed by atoms with E-state index in [2.05, 4.69) is 5.32 Å².